The van der Waals surface area contributed by atoms with Crippen LogP contribution in [0.3, 0.4) is 0 Å². The maximum atomic E-state index is 12.0. The summed E-state index contributed by atoms with van der Waals surface area (Å²) in [6, 6.07) is 10.4. The van der Waals surface area contributed by atoms with Gasteiger partial charge in [0.15, 0.2) is 0 Å². The fraction of sp³-hybridized carbons (Fsp3) is 0.200. The molecule has 0 bridgehead atoms. The zero-order chi connectivity index (χ0) is 16.2. The lowest BCUT2D eigenvalue weighted by molar-refractivity contribution is -0.122. The second kappa shape index (κ2) is 6.62. The largest absolute Gasteiger partial charge is 0.467 e. The number of hydrogen-bond acceptors (Lipinski definition) is 5. The summed E-state index contributed by atoms with van der Waals surface area (Å²) in [5.74, 6) is 0.897. The quantitative estimate of drug-likeness (QED) is 0.776. The number of furan rings is 1. The van der Waals surface area contributed by atoms with Crippen molar-refractivity contribution in [2.75, 3.05) is 0 Å². The summed E-state index contributed by atoms with van der Waals surface area (Å²) in [6.07, 6.45) is 1.56. The van der Waals surface area contributed by atoms with Gasteiger partial charge in [-0.25, -0.2) is 0 Å². The van der Waals surface area contributed by atoms with Crippen LogP contribution in [0.1, 0.15) is 18.7 Å². The topological polar surface area (TPSA) is 85.8 Å². The second-order valence-electron chi connectivity index (χ2n) is 4.95. The molecule has 2 heterocycles. The van der Waals surface area contributed by atoms with E-state index in [-0.39, 0.29) is 18.5 Å². The van der Waals surface area contributed by atoms with E-state index in [1.54, 1.807) is 42.7 Å². The van der Waals surface area contributed by atoms with Gasteiger partial charge >= 0.3 is 0 Å². The van der Waals surface area contributed by atoms with E-state index in [0.29, 0.717) is 16.6 Å². The summed E-state index contributed by atoms with van der Waals surface area (Å²) in [7, 11) is 0. The first-order valence-corrected chi connectivity index (χ1v) is 7.36. The van der Waals surface area contributed by atoms with E-state index >= 15 is 0 Å². The van der Waals surface area contributed by atoms with Crippen molar-refractivity contribution in [3.8, 4) is 11.4 Å². The molecule has 0 spiro atoms. The van der Waals surface area contributed by atoms with Crippen LogP contribution in [-0.2, 0) is 11.3 Å². The number of halogens is 1. The molecule has 8 heteroatoms. The SMILES string of the molecule is C[C@H](NC(=O)Cn1nnc(-c2ccc(Cl)cc2)n1)c1ccco1. The Morgan fingerprint density at radius 2 is 2.13 bits per heavy atom. The number of hydrogen-bond donors (Lipinski definition) is 1. The number of carbonyl (C=O) groups excluding carboxylic acids is 1. The van der Waals surface area contributed by atoms with Crippen molar-refractivity contribution in [2.24, 2.45) is 0 Å². The lowest BCUT2D eigenvalue weighted by Gasteiger charge is -2.10. The van der Waals surface area contributed by atoms with E-state index in [1.807, 2.05) is 6.92 Å². The average molecular weight is 332 g/mol. The van der Waals surface area contributed by atoms with Gasteiger partial charge in [0.2, 0.25) is 11.7 Å². The molecule has 1 aromatic carbocycles. The predicted molar refractivity (Wildman–Crippen MR) is 83.5 cm³/mol. The van der Waals surface area contributed by atoms with Crippen LogP contribution in [0.25, 0.3) is 11.4 Å². The first kappa shape index (κ1) is 15.2. The minimum atomic E-state index is -0.228. The van der Waals surface area contributed by atoms with Crippen LogP contribution in [0.5, 0.6) is 0 Å². The van der Waals surface area contributed by atoms with Crippen LogP contribution in [-0.4, -0.2) is 26.1 Å². The Morgan fingerprint density at radius 1 is 1.35 bits per heavy atom. The third-order valence-corrected chi connectivity index (χ3v) is 3.44. The molecule has 3 rings (SSSR count). The summed E-state index contributed by atoms with van der Waals surface area (Å²) >= 11 is 5.84. The molecule has 118 valence electrons. The van der Waals surface area contributed by atoms with Crippen LogP contribution in [0.2, 0.25) is 5.02 Å². The monoisotopic (exact) mass is 331 g/mol. The summed E-state index contributed by atoms with van der Waals surface area (Å²) in [6.45, 7) is 1.82. The zero-order valence-electron chi connectivity index (χ0n) is 12.3. The van der Waals surface area contributed by atoms with Crippen molar-refractivity contribution in [1.29, 1.82) is 0 Å². The molecule has 0 unspecified atom stereocenters. The van der Waals surface area contributed by atoms with Gasteiger partial charge in [-0.3, -0.25) is 4.79 Å². The molecule has 7 nitrogen and oxygen atoms in total. The van der Waals surface area contributed by atoms with Crippen LogP contribution in [0, 0.1) is 0 Å². The number of amides is 1. The van der Waals surface area contributed by atoms with Gasteiger partial charge in [-0.05, 0) is 48.5 Å². The summed E-state index contributed by atoms with van der Waals surface area (Å²) < 4.78 is 5.24. The fourth-order valence-corrected chi connectivity index (χ4v) is 2.18. The normalized spacial score (nSPS) is 12.1. The van der Waals surface area contributed by atoms with Crippen molar-refractivity contribution in [3.63, 3.8) is 0 Å². The third kappa shape index (κ3) is 3.75. The Morgan fingerprint density at radius 3 is 2.83 bits per heavy atom. The summed E-state index contributed by atoms with van der Waals surface area (Å²) in [5.41, 5.74) is 0.782. The highest BCUT2D eigenvalue weighted by Gasteiger charge is 2.14. The number of nitrogens with one attached hydrogen (secondary N) is 1. The molecule has 0 aliphatic carbocycles. The van der Waals surface area contributed by atoms with Gasteiger partial charge in [-0.1, -0.05) is 11.6 Å². The van der Waals surface area contributed by atoms with E-state index in [2.05, 4.69) is 20.7 Å². The Hall–Kier alpha value is -2.67. The number of nitrogens with zero attached hydrogens (tertiary/aromatic N) is 4. The first-order valence-electron chi connectivity index (χ1n) is 6.98. The molecule has 1 N–H and O–H groups in total. The predicted octanol–water partition coefficient (Wildman–Crippen LogP) is 2.46. The number of carbonyl (C=O) groups is 1. The molecule has 0 fully saturated rings. The van der Waals surface area contributed by atoms with Gasteiger partial charge in [0, 0.05) is 10.6 Å². The molecule has 1 atom stereocenters. The Balaban J connectivity index is 1.62. The van der Waals surface area contributed by atoms with Gasteiger partial charge in [-0.2, -0.15) is 4.80 Å². The molecule has 0 saturated carbocycles. The molecule has 3 aromatic rings. The molecular formula is C15H14ClN5O2. The van der Waals surface area contributed by atoms with Crippen molar-refractivity contribution >= 4 is 17.5 Å². The van der Waals surface area contributed by atoms with Crippen molar-refractivity contribution < 1.29 is 9.21 Å². The zero-order valence-corrected chi connectivity index (χ0v) is 13.1. The number of benzene rings is 1. The lowest BCUT2D eigenvalue weighted by atomic mass is 10.2. The Labute approximate surface area is 137 Å². The van der Waals surface area contributed by atoms with Gasteiger partial charge in [0.1, 0.15) is 12.3 Å². The standard InChI is InChI=1S/C15H14ClN5O2/c1-10(13-3-2-8-23-13)17-14(22)9-21-19-15(18-20-21)11-4-6-12(16)7-5-11/h2-8,10H,9H2,1H3,(H,17,22)/t10-/m0/s1. The molecular weight excluding hydrogens is 318 g/mol. The maximum Gasteiger partial charge on any atom is 0.244 e. The molecule has 0 radical (unpaired) electrons. The highest BCUT2D eigenvalue weighted by atomic mass is 35.5. The van der Waals surface area contributed by atoms with Crippen molar-refractivity contribution in [3.05, 3.63) is 53.4 Å². The Bertz CT molecular complexity index is 783. The van der Waals surface area contributed by atoms with Crippen molar-refractivity contribution in [2.45, 2.75) is 19.5 Å². The lowest BCUT2D eigenvalue weighted by Crippen LogP contribution is -2.30. The second-order valence-corrected chi connectivity index (χ2v) is 5.39. The molecule has 1 amide bonds. The van der Waals surface area contributed by atoms with Crippen LogP contribution < -0.4 is 5.32 Å². The van der Waals surface area contributed by atoms with E-state index in [1.165, 1.54) is 4.80 Å². The van der Waals surface area contributed by atoms with E-state index in [9.17, 15) is 4.79 Å². The maximum absolute atomic E-state index is 12.0. The molecule has 0 aliphatic rings. The molecule has 0 saturated heterocycles. The highest BCUT2D eigenvalue weighted by molar-refractivity contribution is 6.30. The van der Waals surface area contributed by atoms with Crippen LogP contribution >= 0.6 is 11.6 Å². The van der Waals surface area contributed by atoms with Gasteiger partial charge < -0.3 is 9.73 Å². The smallest absolute Gasteiger partial charge is 0.244 e. The molecule has 0 aliphatic heterocycles. The van der Waals surface area contributed by atoms with Gasteiger partial charge in [0.25, 0.3) is 0 Å². The Kier molecular flexibility index (Phi) is 4.38. The summed E-state index contributed by atoms with van der Waals surface area (Å²) in [5, 5.41) is 15.4. The minimum absolute atomic E-state index is 0.0222. The van der Waals surface area contributed by atoms with E-state index in [0.717, 1.165) is 5.56 Å². The minimum Gasteiger partial charge on any atom is -0.467 e. The van der Waals surface area contributed by atoms with Gasteiger partial charge in [-0.15, -0.1) is 10.2 Å². The number of tetrazole rings is 1. The van der Waals surface area contributed by atoms with Crippen LogP contribution in [0.15, 0.2) is 47.1 Å². The summed E-state index contributed by atoms with van der Waals surface area (Å²) in [4.78, 5) is 13.3. The third-order valence-electron chi connectivity index (χ3n) is 3.19. The highest BCUT2D eigenvalue weighted by Crippen LogP contribution is 2.17. The number of aromatic nitrogens is 4. The number of rotatable bonds is 5. The van der Waals surface area contributed by atoms with Crippen molar-refractivity contribution in [1.82, 2.24) is 25.5 Å². The van der Waals surface area contributed by atoms with E-state index < -0.39 is 0 Å². The van der Waals surface area contributed by atoms with Gasteiger partial charge in [0.05, 0.1) is 12.3 Å². The first-order chi connectivity index (χ1) is 11.1. The van der Waals surface area contributed by atoms with Crippen LogP contribution in [0.4, 0.5) is 0 Å². The molecule has 2 aromatic heterocycles. The van der Waals surface area contributed by atoms with E-state index in [4.69, 9.17) is 16.0 Å². The average Bonchev–Trinajstić information content (AvgIpc) is 3.19. The molecule has 23 heavy (non-hydrogen) atoms. The fourth-order valence-electron chi connectivity index (χ4n) is 2.05.